The number of carbonyl (C=O) groups excluding carboxylic acids is 2. The van der Waals surface area contributed by atoms with Gasteiger partial charge < -0.3 is 14.3 Å². The van der Waals surface area contributed by atoms with E-state index in [-0.39, 0.29) is 13.2 Å². The Balaban J connectivity index is 1.51. The molecule has 0 aliphatic carbocycles. The quantitative estimate of drug-likeness (QED) is 0.500. The predicted octanol–water partition coefficient (Wildman–Crippen LogP) is 4.99. The summed E-state index contributed by atoms with van der Waals surface area (Å²) in [6.45, 7) is 7.80. The lowest BCUT2D eigenvalue weighted by Crippen LogP contribution is -2.38. The molecule has 160 valence electrons. The summed E-state index contributed by atoms with van der Waals surface area (Å²) in [5, 5.41) is 0. The SMILES string of the molecule is [C-]#[N+]C[C@@H](C(=O)N1C(=O)OC[C@H]1c1ccccc1)c1ccc(OCc2ccccc2)cc1. The van der Waals surface area contributed by atoms with E-state index in [4.69, 9.17) is 16.0 Å². The minimum atomic E-state index is -0.771. The Labute approximate surface area is 186 Å². The zero-order chi connectivity index (χ0) is 22.3. The van der Waals surface area contributed by atoms with Gasteiger partial charge >= 0.3 is 6.09 Å². The van der Waals surface area contributed by atoms with Crippen LogP contribution in [0, 0.1) is 6.57 Å². The van der Waals surface area contributed by atoms with Crippen molar-refractivity contribution in [2.45, 2.75) is 18.6 Å². The van der Waals surface area contributed by atoms with E-state index in [1.807, 2.05) is 60.7 Å². The first-order chi connectivity index (χ1) is 15.7. The highest BCUT2D eigenvalue weighted by molar-refractivity contribution is 5.97. The van der Waals surface area contributed by atoms with Crippen molar-refractivity contribution in [1.82, 2.24) is 4.90 Å². The maximum absolute atomic E-state index is 13.4. The number of carbonyl (C=O) groups is 2. The molecule has 3 aromatic rings. The van der Waals surface area contributed by atoms with E-state index in [0.29, 0.717) is 17.9 Å². The number of amides is 2. The number of benzene rings is 3. The highest BCUT2D eigenvalue weighted by Gasteiger charge is 2.42. The molecule has 0 aromatic heterocycles. The Morgan fingerprint density at radius 2 is 1.69 bits per heavy atom. The van der Waals surface area contributed by atoms with E-state index in [1.54, 1.807) is 24.3 Å². The minimum Gasteiger partial charge on any atom is -0.489 e. The summed E-state index contributed by atoms with van der Waals surface area (Å²) < 4.78 is 11.0. The van der Waals surface area contributed by atoms with E-state index in [1.165, 1.54) is 0 Å². The van der Waals surface area contributed by atoms with Gasteiger partial charge in [-0.1, -0.05) is 72.8 Å². The Kier molecular flexibility index (Phi) is 6.47. The smallest absolute Gasteiger partial charge is 0.417 e. The lowest BCUT2D eigenvalue weighted by atomic mass is 9.96. The number of imide groups is 1. The molecule has 1 fully saturated rings. The van der Waals surface area contributed by atoms with E-state index < -0.39 is 24.0 Å². The molecule has 1 aliphatic rings. The van der Waals surface area contributed by atoms with Gasteiger partial charge in [-0.25, -0.2) is 16.3 Å². The molecule has 0 N–H and O–H groups in total. The van der Waals surface area contributed by atoms with Crippen molar-refractivity contribution >= 4 is 12.0 Å². The first-order valence-corrected chi connectivity index (χ1v) is 10.3. The third-order valence-corrected chi connectivity index (χ3v) is 5.40. The molecule has 0 bridgehead atoms. The van der Waals surface area contributed by atoms with Gasteiger partial charge in [0.15, 0.2) is 0 Å². The molecule has 0 saturated carbocycles. The predicted molar refractivity (Wildman–Crippen MR) is 119 cm³/mol. The number of rotatable bonds is 7. The summed E-state index contributed by atoms with van der Waals surface area (Å²) in [5.41, 5.74) is 2.53. The van der Waals surface area contributed by atoms with Crippen LogP contribution >= 0.6 is 0 Å². The van der Waals surface area contributed by atoms with E-state index >= 15 is 0 Å². The van der Waals surface area contributed by atoms with E-state index in [9.17, 15) is 9.59 Å². The van der Waals surface area contributed by atoms with Crippen molar-refractivity contribution in [3.63, 3.8) is 0 Å². The van der Waals surface area contributed by atoms with Gasteiger partial charge in [0.25, 0.3) is 0 Å². The highest BCUT2D eigenvalue weighted by Crippen LogP contribution is 2.32. The van der Waals surface area contributed by atoms with Crippen LogP contribution in [0.5, 0.6) is 5.75 Å². The van der Waals surface area contributed by atoms with Crippen LogP contribution in [0.1, 0.15) is 28.7 Å². The zero-order valence-corrected chi connectivity index (χ0v) is 17.4. The highest BCUT2D eigenvalue weighted by atomic mass is 16.6. The van der Waals surface area contributed by atoms with Gasteiger partial charge in [0.1, 0.15) is 30.9 Å². The molecular formula is C26H22N2O4. The number of nitrogens with zero attached hydrogens (tertiary/aromatic N) is 2. The summed E-state index contributed by atoms with van der Waals surface area (Å²) in [4.78, 5) is 30.4. The van der Waals surface area contributed by atoms with Crippen LogP contribution in [0.4, 0.5) is 4.79 Å². The van der Waals surface area contributed by atoms with Crippen LogP contribution in [0.3, 0.4) is 0 Å². The van der Waals surface area contributed by atoms with E-state index in [0.717, 1.165) is 16.0 Å². The molecule has 32 heavy (non-hydrogen) atoms. The maximum Gasteiger partial charge on any atom is 0.417 e. The molecular weight excluding hydrogens is 404 g/mol. The molecule has 6 nitrogen and oxygen atoms in total. The first kappa shape index (κ1) is 21.1. The minimum absolute atomic E-state index is 0.0612. The van der Waals surface area contributed by atoms with Gasteiger partial charge in [-0.2, -0.15) is 0 Å². The van der Waals surface area contributed by atoms with Crippen LogP contribution in [0.2, 0.25) is 0 Å². The summed E-state index contributed by atoms with van der Waals surface area (Å²) in [6.07, 6.45) is -0.679. The van der Waals surface area contributed by atoms with Crippen LogP contribution < -0.4 is 4.74 Å². The summed E-state index contributed by atoms with van der Waals surface area (Å²) >= 11 is 0. The van der Waals surface area contributed by atoms with Crippen LogP contribution in [-0.2, 0) is 16.1 Å². The Bertz CT molecular complexity index is 1110. The molecule has 0 spiro atoms. The van der Waals surface area contributed by atoms with Crippen molar-refractivity contribution in [2.75, 3.05) is 13.2 Å². The largest absolute Gasteiger partial charge is 0.489 e. The number of hydrogen-bond acceptors (Lipinski definition) is 4. The molecule has 6 heteroatoms. The maximum atomic E-state index is 13.4. The summed E-state index contributed by atoms with van der Waals surface area (Å²) in [6, 6.07) is 25.7. The van der Waals surface area contributed by atoms with Gasteiger partial charge in [-0.15, -0.1) is 0 Å². The van der Waals surface area contributed by atoms with Gasteiger partial charge in [0, 0.05) is 0 Å². The first-order valence-electron chi connectivity index (χ1n) is 10.3. The Morgan fingerprint density at radius 1 is 1.03 bits per heavy atom. The molecule has 2 atom stereocenters. The molecule has 1 aliphatic heterocycles. The number of hydrogen-bond donors (Lipinski definition) is 0. The van der Waals surface area contributed by atoms with Crippen molar-refractivity contribution < 1.29 is 19.1 Å². The van der Waals surface area contributed by atoms with Gasteiger partial charge in [-0.3, -0.25) is 4.79 Å². The lowest BCUT2D eigenvalue weighted by molar-refractivity contribution is -0.130. The van der Waals surface area contributed by atoms with Crippen LogP contribution in [0.15, 0.2) is 84.9 Å². The van der Waals surface area contributed by atoms with Gasteiger partial charge in [0.2, 0.25) is 12.5 Å². The topological polar surface area (TPSA) is 60.2 Å². The van der Waals surface area contributed by atoms with Crippen LogP contribution in [-0.4, -0.2) is 30.1 Å². The average molecular weight is 426 g/mol. The molecule has 0 radical (unpaired) electrons. The molecule has 4 rings (SSSR count). The van der Waals surface area contributed by atoms with Crippen LogP contribution in [0.25, 0.3) is 4.85 Å². The standard InChI is InChI=1S/C26H22N2O4/c1-27-16-23(20-12-14-22(15-13-20)31-17-19-8-4-2-5-9-19)25(29)28-24(18-32-26(28)30)21-10-6-3-7-11-21/h2-15,23-24H,16-18H2/t23-,24+/m1/s1. The average Bonchev–Trinajstić information content (AvgIpc) is 3.24. The fourth-order valence-electron chi connectivity index (χ4n) is 3.71. The van der Waals surface area contributed by atoms with Crippen molar-refractivity contribution in [2.24, 2.45) is 0 Å². The van der Waals surface area contributed by atoms with Gasteiger partial charge in [-0.05, 0) is 28.8 Å². The van der Waals surface area contributed by atoms with E-state index in [2.05, 4.69) is 4.85 Å². The van der Waals surface area contributed by atoms with Crippen molar-refractivity contribution in [1.29, 1.82) is 0 Å². The second-order valence-corrected chi connectivity index (χ2v) is 7.45. The monoisotopic (exact) mass is 426 g/mol. The Hall–Kier alpha value is -4.11. The molecule has 1 heterocycles. The summed E-state index contributed by atoms with van der Waals surface area (Å²) in [5.74, 6) is -0.544. The normalized spacial score (nSPS) is 16.2. The third-order valence-electron chi connectivity index (χ3n) is 5.40. The zero-order valence-electron chi connectivity index (χ0n) is 17.4. The number of cyclic esters (lactones) is 1. The third kappa shape index (κ3) is 4.62. The fraction of sp³-hybridized carbons (Fsp3) is 0.192. The number of ether oxygens (including phenoxy) is 2. The molecule has 2 amide bonds. The molecule has 0 unspecified atom stereocenters. The molecule has 3 aromatic carbocycles. The Morgan fingerprint density at radius 3 is 2.34 bits per heavy atom. The summed E-state index contributed by atoms with van der Waals surface area (Å²) in [7, 11) is 0. The fourth-order valence-corrected chi connectivity index (χ4v) is 3.71. The second-order valence-electron chi connectivity index (χ2n) is 7.45. The molecule has 1 saturated heterocycles. The second kappa shape index (κ2) is 9.80. The van der Waals surface area contributed by atoms with Crippen molar-refractivity contribution in [3.05, 3.63) is 113 Å². The van der Waals surface area contributed by atoms with Gasteiger partial charge in [0.05, 0.1) is 0 Å². The van der Waals surface area contributed by atoms with Crippen molar-refractivity contribution in [3.8, 4) is 5.75 Å². The lowest BCUT2D eigenvalue weighted by Gasteiger charge is -2.23.